The molecular weight excluding hydrogens is 236 g/mol. The van der Waals surface area contributed by atoms with Crippen molar-refractivity contribution in [3.05, 3.63) is 29.8 Å². The third kappa shape index (κ3) is 3.71. The highest BCUT2D eigenvalue weighted by atomic mass is 16.5. The normalized spacial score (nSPS) is 20.4. The number of nitrogens with zero attached hydrogens (tertiary/aromatic N) is 1. The maximum Gasteiger partial charge on any atom is 0.119 e. The van der Waals surface area contributed by atoms with Crippen molar-refractivity contribution in [2.75, 3.05) is 33.8 Å². The summed E-state index contributed by atoms with van der Waals surface area (Å²) in [5.74, 6) is 0.930. The number of ether oxygens (including phenoxy) is 1. The lowest BCUT2D eigenvalue weighted by atomic mass is 9.93. The van der Waals surface area contributed by atoms with Gasteiger partial charge < -0.3 is 15.0 Å². The quantitative estimate of drug-likeness (QED) is 0.883. The number of benzene rings is 1. The molecular formula is C16H26N2O. The number of likely N-dealkylation sites (N-methyl/N-ethyl adjacent to an activating group) is 1. The summed E-state index contributed by atoms with van der Waals surface area (Å²) in [6.07, 6.45) is 1.29. The first kappa shape index (κ1) is 14.4. The third-order valence-corrected chi connectivity index (χ3v) is 4.04. The minimum atomic E-state index is 0.365. The molecule has 106 valence electrons. The van der Waals surface area contributed by atoms with Crippen LogP contribution in [0.2, 0.25) is 0 Å². The van der Waals surface area contributed by atoms with Crippen molar-refractivity contribution in [2.45, 2.75) is 26.3 Å². The van der Waals surface area contributed by atoms with Gasteiger partial charge in [-0.25, -0.2) is 0 Å². The molecule has 1 aliphatic rings. The standard InChI is InChI=1S/C16H26N2O/c1-16(2)8-9-18(12-16)11-15(17-3)13-6-5-7-14(10-13)19-4/h5-7,10,15,17H,8-9,11-12H2,1-4H3. The summed E-state index contributed by atoms with van der Waals surface area (Å²) in [6, 6.07) is 8.72. The van der Waals surface area contributed by atoms with Crippen LogP contribution < -0.4 is 10.1 Å². The Labute approximate surface area is 116 Å². The third-order valence-electron chi connectivity index (χ3n) is 4.04. The maximum absolute atomic E-state index is 5.31. The topological polar surface area (TPSA) is 24.5 Å². The van der Waals surface area contributed by atoms with Gasteiger partial charge in [-0.15, -0.1) is 0 Å². The Bertz CT molecular complexity index is 417. The minimum Gasteiger partial charge on any atom is -0.497 e. The lowest BCUT2D eigenvalue weighted by Crippen LogP contribution is -2.33. The van der Waals surface area contributed by atoms with Gasteiger partial charge in [0.15, 0.2) is 0 Å². The smallest absolute Gasteiger partial charge is 0.119 e. The van der Waals surface area contributed by atoms with Crippen molar-refractivity contribution in [1.82, 2.24) is 10.2 Å². The van der Waals surface area contributed by atoms with E-state index in [4.69, 9.17) is 4.74 Å². The zero-order valence-electron chi connectivity index (χ0n) is 12.6. The molecule has 1 saturated heterocycles. The minimum absolute atomic E-state index is 0.365. The molecule has 0 bridgehead atoms. The van der Waals surface area contributed by atoms with Gasteiger partial charge in [0.1, 0.15) is 5.75 Å². The molecule has 1 aromatic rings. The summed E-state index contributed by atoms with van der Waals surface area (Å²) < 4.78 is 5.31. The van der Waals surface area contributed by atoms with E-state index in [1.165, 1.54) is 25.1 Å². The van der Waals surface area contributed by atoms with Crippen molar-refractivity contribution in [1.29, 1.82) is 0 Å². The Hall–Kier alpha value is -1.06. The Kier molecular flexibility index (Phi) is 4.48. The molecule has 19 heavy (non-hydrogen) atoms. The predicted molar refractivity (Wildman–Crippen MR) is 79.6 cm³/mol. The molecule has 1 fully saturated rings. The Morgan fingerprint density at radius 2 is 2.21 bits per heavy atom. The van der Waals surface area contributed by atoms with Gasteiger partial charge in [0.25, 0.3) is 0 Å². The molecule has 1 unspecified atom stereocenters. The summed E-state index contributed by atoms with van der Waals surface area (Å²) in [4.78, 5) is 2.56. The van der Waals surface area contributed by atoms with Gasteiger partial charge in [-0.1, -0.05) is 26.0 Å². The second-order valence-electron chi connectivity index (χ2n) is 6.27. The molecule has 0 aromatic heterocycles. The van der Waals surface area contributed by atoms with Crippen LogP contribution in [0.1, 0.15) is 31.9 Å². The molecule has 0 spiro atoms. The lowest BCUT2D eigenvalue weighted by molar-refractivity contribution is 0.265. The zero-order valence-corrected chi connectivity index (χ0v) is 12.6. The highest BCUT2D eigenvalue weighted by Gasteiger charge is 2.30. The van der Waals surface area contributed by atoms with Crippen molar-refractivity contribution in [2.24, 2.45) is 5.41 Å². The van der Waals surface area contributed by atoms with Crippen LogP contribution in [-0.4, -0.2) is 38.7 Å². The van der Waals surface area contributed by atoms with E-state index >= 15 is 0 Å². The summed E-state index contributed by atoms with van der Waals surface area (Å²) in [6.45, 7) is 8.16. The van der Waals surface area contributed by atoms with Gasteiger partial charge in [0.2, 0.25) is 0 Å². The first-order valence-corrected chi connectivity index (χ1v) is 7.08. The van der Waals surface area contributed by atoms with Gasteiger partial charge in [-0.05, 0) is 43.1 Å². The molecule has 1 atom stereocenters. The van der Waals surface area contributed by atoms with E-state index < -0.39 is 0 Å². The van der Waals surface area contributed by atoms with Crippen LogP contribution in [0.4, 0.5) is 0 Å². The Balaban J connectivity index is 2.03. The molecule has 0 saturated carbocycles. The Morgan fingerprint density at radius 1 is 1.42 bits per heavy atom. The number of methoxy groups -OCH3 is 1. The van der Waals surface area contributed by atoms with E-state index in [1.807, 2.05) is 13.1 Å². The maximum atomic E-state index is 5.31. The average molecular weight is 262 g/mol. The zero-order chi connectivity index (χ0) is 13.9. The number of nitrogens with one attached hydrogen (secondary N) is 1. The first-order valence-electron chi connectivity index (χ1n) is 7.08. The largest absolute Gasteiger partial charge is 0.497 e. The van der Waals surface area contributed by atoms with Crippen molar-refractivity contribution in [3.63, 3.8) is 0 Å². The summed E-state index contributed by atoms with van der Waals surface area (Å²) in [7, 11) is 3.75. The fraction of sp³-hybridized carbons (Fsp3) is 0.625. The average Bonchev–Trinajstić information content (AvgIpc) is 2.75. The number of hydrogen-bond donors (Lipinski definition) is 1. The summed E-state index contributed by atoms with van der Waals surface area (Å²) in [5, 5.41) is 3.43. The highest BCUT2D eigenvalue weighted by molar-refractivity contribution is 5.30. The first-order chi connectivity index (χ1) is 9.04. The van der Waals surface area contributed by atoms with Crippen LogP contribution in [0.25, 0.3) is 0 Å². The molecule has 0 amide bonds. The van der Waals surface area contributed by atoms with E-state index in [1.54, 1.807) is 7.11 Å². The Morgan fingerprint density at radius 3 is 2.79 bits per heavy atom. The van der Waals surface area contributed by atoms with Gasteiger partial charge >= 0.3 is 0 Å². The van der Waals surface area contributed by atoms with Crippen LogP contribution in [0.5, 0.6) is 5.75 Å². The predicted octanol–water partition coefficient (Wildman–Crippen LogP) is 2.69. The second kappa shape index (κ2) is 5.93. The molecule has 1 heterocycles. The van der Waals surface area contributed by atoms with Gasteiger partial charge in [0.05, 0.1) is 7.11 Å². The number of rotatable bonds is 5. The molecule has 0 radical (unpaired) electrons. The van der Waals surface area contributed by atoms with Crippen molar-refractivity contribution in [3.8, 4) is 5.75 Å². The highest BCUT2D eigenvalue weighted by Crippen LogP contribution is 2.30. The van der Waals surface area contributed by atoms with Gasteiger partial charge in [0, 0.05) is 19.1 Å². The van der Waals surface area contributed by atoms with Crippen molar-refractivity contribution < 1.29 is 4.74 Å². The molecule has 1 N–H and O–H groups in total. The van der Waals surface area contributed by atoms with E-state index in [-0.39, 0.29) is 0 Å². The van der Waals surface area contributed by atoms with E-state index in [0.717, 1.165) is 12.3 Å². The van der Waals surface area contributed by atoms with Crippen LogP contribution in [0.3, 0.4) is 0 Å². The van der Waals surface area contributed by atoms with E-state index in [0.29, 0.717) is 11.5 Å². The number of likely N-dealkylation sites (tertiary alicyclic amines) is 1. The molecule has 1 aliphatic heterocycles. The van der Waals surface area contributed by atoms with Gasteiger partial charge in [-0.2, -0.15) is 0 Å². The van der Waals surface area contributed by atoms with Crippen LogP contribution >= 0.6 is 0 Å². The fourth-order valence-electron chi connectivity index (χ4n) is 2.86. The second-order valence-corrected chi connectivity index (χ2v) is 6.27. The lowest BCUT2D eigenvalue weighted by Gasteiger charge is -2.25. The van der Waals surface area contributed by atoms with E-state index in [2.05, 4.69) is 42.3 Å². The monoisotopic (exact) mass is 262 g/mol. The van der Waals surface area contributed by atoms with E-state index in [9.17, 15) is 0 Å². The van der Waals surface area contributed by atoms with Gasteiger partial charge in [-0.3, -0.25) is 0 Å². The SMILES string of the molecule is CNC(CN1CCC(C)(C)C1)c1cccc(OC)c1. The summed E-state index contributed by atoms with van der Waals surface area (Å²) in [5.41, 5.74) is 1.76. The number of hydrogen-bond acceptors (Lipinski definition) is 3. The van der Waals surface area contributed by atoms with Crippen LogP contribution in [-0.2, 0) is 0 Å². The molecule has 3 heteroatoms. The summed E-state index contributed by atoms with van der Waals surface area (Å²) >= 11 is 0. The molecule has 1 aromatic carbocycles. The molecule has 3 nitrogen and oxygen atoms in total. The van der Waals surface area contributed by atoms with Crippen LogP contribution in [0.15, 0.2) is 24.3 Å². The van der Waals surface area contributed by atoms with Crippen molar-refractivity contribution >= 4 is 0 Å². The van der Waals surface area contributed by atoms with Crippen LogP contribution in [0, 0.1) is 5.41 Å². The fourth-order valence-corrected chi connectivity index (χ4v) is 2.86. The molecule has 2 rings (SSSR count). The molecule has 0 aliphatic carbocycles.